The minimum absolute atomic E-state index is 0.169. The van der Waals surface area contributed by atoms with Gasteiger partial charge in [0.05, 0.1) is 18.2 Å². The van der Waals surface area contributed by atoms with Crippen molar-refractivity contribution in [2.75, 3.05) is 6.61 Å². The fourth-order valence-electron chi connectivity index (χ4n) is 2.00. The van der Waals surface area contributed by atoms with Crippen molar-refractivity contribution in [1.29, 1.82) is 5.26 Å². The van der Waals surface area contributed by atoms with Crippen molar-refractivity contribution in [2.24, 2.45) is 0 Å². The van der Waals surface area contributed by atoms with Gasteiger partial charge in [0.15, 0.2) is 5.78 Å². The van der Waals surface area contributed by atoms with Crippen LogP contribution in [0, 0.1) is 11.3 Å². The average molecular weight is 279 g/mol. The maximum absolute atomic E-state index is 11.9. The van der Waals surface area contributed by atoms with Gasteiger partial charge in [-0.15, -0.1) is 0 Å². The zero-order valence-corrected chi connectivity index (χ0v) is 11.8. The van der Waals surface area contributed by atoms with Crippen LogP contribution >= 0.6 is 0 Å². The highest BCUT2D eigenvalue weighted by Crippen LogP contribution is 2.13. The average Bonchev–Trinajstić information content (AvgIpc) is 2.55. The number of nitrogens with zero attached hydrogens (tertiary/aromatic N) is 1. The second-order valence-corrected chi connectivity index (χ2v) is 4.73. The van der Waals surface area contributed by atoms with Crippen LogP contribution < -0.4 is 4.74 Å². The van der Waals surface area contributed by atoms with Crippen LogP contribution in [0.1, 0.15) is 35.2 Å². The Morgan fingerprint density at radius 3 is 2.62 bits per heavy atom. The lowest BCUT2D eigenvalue weighted by Gasteiger charge is -2.06. The number of Topliss-reactive ketones (excluding diaryl/α,β-unsaturated/α-hetero) is 1. The van der Waals surface area contributed by atoms with E-state index in [1.54, 1.807) is 18.2 Å². The second-order valence-electron chi connectivity index (χ2n) is 4.73. The quantitative estimate of drug-likeness (QED) is 0.568. The first-order valence-electron chi connectivity index (χ1n) is 7.01. The molecule has 0 aliphatic heterocycles. The lowest BCUT2D eigenvalue weighted by atomic mass is 10.1. The third kappa shape index (κ3) is 4.77. The summed E-state index contributed by atoms with van der Waals surface area (Å²) in [5.74, 6) is 0.866. The van der Waals surface area contributed by atoms with E-state index in [1.807, 2.05) is 36.4 Å². The fraction of sp³-hybridized carbons (Fsp3) is 0.222. The molecule has 0 atom stereocenters. The molecule has 0 fully saturated rings. The molecule has 0 spiro atoms. The summed E-state index contributed by atoms with van der Waals surface area (Å²) in [5.41, 5.74) is 1.35. The van der Waals surface area contributed by atoms with Crippen LogP contribution in [0.4, 0.5) is 0 Å². The van der Waals surface area contributed by atoms with Gasteiger partial charge in [-0.3, -0.25) is 4.79 Å². The van der Waals surface area contributed by atoms with E-state index in [9.17, 15) is 4.79 Å². The highest BCUT2D eigenvalue weighted by atomic mass is 16.5. The minimum atomic E-state index is 0.169. The van der Waals surface area contributed by atoms with E-state index >= 15 is 0 Å². The first-order valence-corrected chi connectivity index (χ1v) is 7.01. The molecule has 0 aliphatic carbocycles. The number of unbranched alkanes of at least 4 members (excludes halogenated alkanes) is 1. The van der Waals surface area contributed by atoms with Crippen molar-refractivity contribution in [3.8, 4) is 11.8 Å². The maximum Gasteiger partial charge on any atom is 0.162 e. The van der Waals surface area contributed by atoms with Gasteiger partial charge in [0.2, 0.25) is 0 Å². The van der Waals surface area contributed by atoms with Gasteiger partial charge in [-0.2, -0.15) is 5.26 Å². The highest BCUT2D eigenvalue weighted by Gasteiger charge is 2.04. The number of hydrogen-bond donors (Lipinski definition) is 0. The van der Waals surface area contributed by atoms with Crippen LogP contribution in [-0.2, 0) is 0 Å². The Kier molecular flexibility index (Phi) is 5.54. The number of carbonyl (C=O) groups is 1. The molecule has 0 aliphatic rings. The Labute approximate surface area is 124 Å². The van der Waals surface area contributed by atoms with Gasteiger partial charge in [0.1, 0.15) is 5.75 Å². The summed E-state index contributed by atoms with van der Waals surface area (Å²) < 4.78 is 5.57. The van der Waals surface area contributed by atoms with Gasteiger partial charge in [0.25, 0.3) is 0 Å². The Morgan fingerprint density at radius 1 is 1.05 bits per heavy atom. The molecule has 2 aromatic carbocycles. The monoisotopic (exact) mass is 279 g/mol. The van der Waals surface area contributed by atoms with E-state index < -0.39 is 0 Å². The van der Waals surface area contributed by atoms with E-state index in [-0.39, 0.29) is 5.78 Å². The normalized spacial score (nSPS) is 9.86. The second kappa shape index (κ2) is 7.86. The molecule has 0 amide bonds. The van der Waals surface area contributed by atoms with Crippen LogP contribution in [0.15, 0.2) is 54.6 Å². The number of ether oxygens (including phenoxy) is 1. The summed E-state index contributed by atoms with van der Waals surface area (Å²) in [4.78, 5) is 11.9. The van der Waals surface area contributed by atoms with Crippen molar-refractivity contribution in [3.05, 3.63) is 65.7 Å². The summed E-state index contributed by atoms with van der Waals surface area (Å²) in [6.45, 7) is 0.553. The number of rotatable bonds is 7. The van der Waals surface area contributed by atoms with Crippen LogP contribution in [0.5, 0.6) is 5.75 Å². The minimum Gasteiger partial charge on any atom is -0.494 e. The predicted octanol–water partition coefficient (Wildman–Crippen LogP) is 3.99. The van der Waals surface area contributed by atoms with Crippen molar-refractivity contribution in [3.63, 3.8) is 0 Å². The van der Waals surface area contributed by atoms with Gasteiger partial charge in [0, 0.05) is 12.0 Å². The zero-order valence-electron chi connectivity index (χ0n) is 11.8. The lowest BCUT2D eigenvalue weighted by Crippen LogP contribution is -2.02. The molecule has 0 radical (unpaired) electrons. The van der Waals surface area contributed by atoms with Crippen LogP contribution in [0.25, 0.3) is 0 Å². The number of benzene rings is 2. The summed E-state index contributed by atoms with van der Waals surface area (Å²) in [6.07, 6.45) is 2.15. The summed E-state index contributed by atoms with van der Waals surface area (Å²) in [6, 6.07) is 18.5. The molecule has 0 unspecified atom stereocenters. The first-order chi connectivity index (χ1) is 10.3. The first kappa shape index (κ1) is 14.8. The molecule has 2 rings (SSSR count). The molecule has 106 valence electrons. The number of ketones is 1. The van der Waals surface area contributed by atoms with Gasteiger partial charge in [-0.05, 0) is 31.0 Å². The largest absolute Gasteiger partial charge is 0.494 e. The van der Waals surface area contributed by atoms with E-state index in [0.717, 1.165) is 18.4 Å². The summed E-state index contributed by atoms with van der Waals surface area (Å²) in [5, 5.41) is 8.80. The van der Waals surface area contributed by atoms with Crippen molar-refractivity contribution < 1.29 is 9.53 Å². The molecular weight excluding hydrogens is 262 g/mol. The molecule has 0 saturated heterocycles. The SMILES string of the molecule is N#Cc1cccc(OCCCCC(=O)c2ccccc2)c1. The standard InChI is InChI=1S/C18H17NO2/c19-14-15-7-6-10-17(13-15)21-12-5-4-11-18(20)16-8-2-1-3-9-16/h1-3,6-10,13H,4-5,11-12H2. The Morgan fingerprint density at radius 2 is 1.86 bits per heavy atom. The molecule has 0 bridgehead atoms. The lowest BCUT2D eigenvalue weighted by molar-refractivity contribution is 0.0978. The summed E-state index contributed by atoms with van der Waals surface area (Å²) >= 11 is 0. The molecule has 3 heteroatoms. The topological polar surface area (TPSA) is 50.1 Å². The van der Waals surface area contributed by atoms with Gasteiger partial charge in [-0.25, -0.2) is 0 Å². The third-order valence-electron chi connectivity index (χ3n) is 3.13. The molecule has 0 N–H and O–H groups in total. The van der Waals surface area contributed by atoms with E-state index in [4.69, 9.17) is 10.00 Å². The molecule has 0 aromatic heterocycles. The molecule has 0 saturated carbocycles. The number of nitriles is 1. The number of hydrogen-bond acceptors (Lipinski definition) is 3. The molecule has 21 heavy (non-hydrogen) atoms. The van der Waals surface area contributed by atoms with E-state index in [0.29, 0.717) is 24.3 Å². The number of carbonyl (C=O) groups excluding carboxylic acids is 1. The maximum atomic E-state index is 11.9. The third-order valence-corrected chi connectivity index (χ3v) is 3.13. The van der Waals surface area contributed by atoms with Crippen molar-refractivity contribution in [1.82, 2.24) is 0 Å². The smallest absolute Gasteiger partial charge is 0.162 e. The van der Waals surface area contributed by atoms with Gasteiger partial charge >= 0.3 is 0 Å². The molecular formula is C18H17NO2. The van der Waals surface area contributed by atoms with Gasteiger partial charge < -0.3 is 4.74 Å². The fourth-order valence-corrected chi connectivity index (χ4v) is 2.00. The predicted molar refractivity (Wildman–Crippen MR) is 81.3 cm³/mol. The van der Waals surface area contributed by atoms with Gasteiger partial charge in [-0.1, -0.05) is 36.4 Å². The zero-order chi connectivity index (χ0) is 14.9. The van der Waals surface area contributed by atoms with Crippen LogP contribution in [-0.4, -0.2) is 12.4 Å². The van der Waals surface area contributed by atoms with Crippen LogP contribution in [0.3, 0.4) is 0 Å². The summed E-state index contributed by atoms with van der Waals surface area (Å²) in [7, 11) is 0. The highest BCUT2D eigenvalue weighted by molar-refractivity contribution is 5.95. The molecule has 3 nitrogen and oxygen atoms in total. The van der Waals surface area contributed by atoms with Crippen LogP contribution in [0.2, 0.25) is 0 Å². The Bertz CT molecular complexity index is 629. The Balaban J connectivity index is 1.68. The van der Waals surface area contributed by atoms with E-state index in [1.165, 1.54) is 0 Å². The van der Waals surface area contributed by atoms with E-state index in [2.05, 4.69) is 6.07 Å². The molecule has 0 heterocycles. The van der Waals surface area contributed by atoms with Crippen molar-refractivity contribution >= 4 is 5.78 Å². The van der Waals surface area contributed by atoms with Crippen molar-refractivity contribution in [2.45, 2.75) is 19.3 Å². The molecule has 2 aromatic rings. The Hall–Kier alpha value is -2.60.